The Bertz CT molecular complexity index is 2530. The number of hydrogen-bond donors (Lipinski definition) is 12. The van der Waals surface area contributed by atoms with Gasteiger partial charge in [-0.2, -0.15) is 0 Å². The Labute approximate surface area is 259 Å². The van der Waals surface area contributed by atoms with E-state index in [1.54, 1.807) is 30.3 Å². The summed E-state index contributed by atoms with van der Waals surface area (Å²) >= 11 is 0. The Balaban J connectivity index is 1.73. The molecule has 7 rings (SSSR count). The second-order valence-corrected chi connectivity index (χ2v) is 10.6. The molecule has 0 saturated carbocycles. The molecule has 0 aliphatic rings. The molecule has 2 heterocycles. The normalized spacial score (nSPS) is 11.8. The van der Waals surface area contributed by atoms with Crippen molar-refractivity contribution in [1.29, 1.82) is 0 Å². The molecular formula is C30H17B3N2O11. The fraction of sp³-hybridized carbons (Fsp3) is 0. The van der Waals surface area contributed by atoms with Gasteiger partial charge in [0.25, 0.3) is 0 Å². The number of phenolic OH excluding ortho intramolecular Hbond substituents is 11. The lowest BCUT2D eigenvalue weighted by molar-refractivity contribution is 0.350. The molecule has 0 aliphatic carbocycles. The molecule has 0 fully saturated rings. The number of para-hydroxylation sites is 1. The van der Waals surface area contributed by atoms with Gasteiger partial charge in [-0.1, -0.05) is 23.7 Å². The van der Waals surface area contributed by atoms with Crippen LogP contribution < -0.4 is 16.4 Å². The average Bonchev–Trinajstić information content (AvgIpc) is 3.63. The van der Waals surface area contributed by atoms with Crippen LogP contribution in [0.4, 0.5) is 0 Å². The van der Waals surface area contributed by atoms with E-state index in [2.05, 4.69) is 4.98 Å². The molecule has 0 saturated heterocycles. The molecule has 13 nitrogen and oxygen atoms in total. The van der Waals surface area contributed by atoms with Crippen molar-refractivity contribution in [3.05, 3.63) is 30.3 Å². The molecule has 0 spiro atoms. The van der Waals surface area contributed by atoms with Crippen LogP contribution in [0.3, 0.4) is 0 Å². The van der Waals surface area contributed by atoms with Gasteiger partial charge in [-0.25, -0.2) is 0 Å². The van der Waals surface area contributed by atoms with E-state index in [9.17, 15) is 56.2 Å². The zero-order chi connectivity index (χ0) is 33.3. The maximum absolute atomic E-state index is 11.6. The zero-order valence-corrected chi connectivity index (χ0v) is 23.0. The number of nitrogens with one attached hydrogen (secondary N) is 1. The molecule has 0 aliphatic heterocycles. The Morgan fingerprint density at radius 2 is 0.935 bits per heavy atom. The van der Waals surface area contributed by atoms with E-state index in [0.717, 1.165) is 0 Å². The molecule has 5 aromatic carbocycles. The summed E-state index contributed by atoms with van der Waals surface area (Å²) in [5.41, 5.74) is -3.48. The van der Waals surface area contributed by atoms with Crippen molar-refractivity contribution in [3.63, 3.8) is 0 Å². The average molecular weight is 614 g/mol. The number of H-pyrrole nitrogens is 1. The maximum atomic E-state index is 11.6. The van der Waals surface area contributed by atoms with Gasteiger partial charge in [0.2, 0.25) is 23.0 Å². The highest BCUT2D eigenvalue weighted by Gasteiger charge is 2.33. The third kappa shape index (κ3) is 3.21. The number of rotatable bonds is 2. The molecule has 16 heteroatoms. The van der Waals surface area contributed by atoms with Gasteiger partial charge in [0.05, 0.1) is 32.8 Å². The molecule has 0 amide bonds. The fourth-order valence-corrected chi connectivity index (χ4v) is 6.13. The number of aromatic amines is 1. The lowest BCUT2D eigenvalue weighted by Gasteiger charge is -2.20. The molecular weight excluding hydrogens is 597 g/mol. The van der Waals surface area contributed by atoms with Crippen LogP contribution in [0.2, 0.25) is 0 Å². The SMILES string of the molecule is [B]c1c(-c2c(O)c([B])c3[nH]c4c(O)c(O)c(O)c(O)c4c3c2O)c([B])c2c3c(O)c(O)c(O)c(O)c3n(-c3ccccc3)c2c1O. The number of aromatic nitrogens is 2. The quantitative estimate of drug-likeness (QED) is 0.0751. The van der Waals surface area contributed by atoms with E-state index in [1.165, 1.54) is 4.57 Å². The molecule has 12 N–H and O–H groups in total. The number of phenols is 11. The fourth-order valence-electron chi connectivity index (χ4n) is 6.13. The minimum atomic E-state index is -1.14. The monoisotopic (exact) mass is 614 g/mol. The van der Waals surface area contributed by atoms with Crippen LogP contribution in [-0.2, 0) is 0 Å². The van der Waals surface area contributed by atoms with Gasteiger partial charge in [-0.05, 0) is 28.6 Å². The summed E-state index contributed by atoms with van der Waals surface area (Å²) in [7, 11) is 19.2. The van der Waals surface area contributed by atoms with Gasteiger partial charge in [0, 0.05) is 16.6 Å². The third-order valence-corrected chi connectivity index (χ3v) is 8.24. The summed E-state index contributed by atoms with van der Waals surface area (Å²) < 4.78 is 1.21. The van der Waals surface area contributed by atoms with Crippen molar-refractivity contribution in [2.24, 2.45) is 0 Å². The molecule has 7 aromatic rings. The number of hydrogen-bond acceptors (Lipinski definition) is 11. The Morgan fingerprint density at radius 3 is 1.57 bits per heavy atom. The van der Waals surface area contributed by atoms with E-state index in [1.807, 2.05) is 0 Å². The van der Waals surface area contributed by atoms with Crippen LogP contribution >= 0.6 is 0 Å². The molecule has 0 bridgehead atoms. The third-order valence-electron chi connectivity index (χ3n) is 8.24. The lowest BCUT2D eigenvalue weighted by Crippen LogP contribution is -2.22. The van der Waals surface area contributed by atoms with Crippen LogP contribution in [-0.4, -0.2) is 89.3 Å². The van der Waals surface area contributed by atoms with Gasteiger partial charge in [-0.3, -0.25) is 0 Å². The number of aromatic hydroxyl groups is 11. The first-order chi connectivity index (χ1) is 21.7. The number of fused-ring (bicyclic) bond motifs is 6. The van der Waals surface area contributed by atoms with E-state index >= 15 is 0 Å². The van der Waals surface area contributed by atoms with Crippen LogP contribution in [0.1, 0.15) is 0 Å². The van der Waals surface area contributed by atoms with Crippen LogP contribution in [0.5, 0.6) is 63.2 Å². The van der Waals surface area contributed by atoms with E-state index in [0.29, 0.717) is 0 Å². The molecule has 222 valence electrons. The van der Waals surface area contributed by atoms with Crippen molar-refractivity contribution < 1.29 is 56.2 Å². The first kappa shape index (κ1) is 28.5. The maximum Gasteiger partial charge on any atom is 0.206 e. The predicted octanol–water partition coefficient (Wildman–Crippen LogP) is 1.23. The second-order valence-electron chi connectivity index (χ2n) is 10.6. The van der Waals surface area contributed by atoms with Crippen LogP contribution in [0, 0.1) is 0 Å². The largest absolute Gasteiger partial charge is 0.508 e. The van der Waals surface area contributed by atoms with Crippen molar-refractivity contribution in [2.75, 3.05) is 0 Å². The lowest BCUT2D eigenvalue weighted by atomic mass is 9.73. The topological polar surface area (TPSA) is 243 Å². The highest BCUT2D eigenvalue weighted by molar-refractivity contribution is 6.53. The van der Waals surface area contributed by atoms with Gasteiger partial charge in [0.15, 0.2) is 23.0 Å². The summed E-state index contributed by atoms with van der Waals surface area (Å²) in [6, 6.07) is 8.01. The zero-order valence-electron chi connectivity index (χ0n) is 23.0. The van der Waals surface area contributed by atoms with E-state index in [4.69, 9.17) is 23.5 Å². The van der Waals surface area contributed by atoms with Crippen molar-refractivity contribution in [3.8, 4) is 80.1 Å². The minimum absolute atomic E-state index is 0.223. The van der Waals surface area contributed by atoms with Crippen LogP contribution in [0.15, 0.2) is 30.3 Å². The second kappa shape index (κ2) is 9.11. The summed E-state index contributed by atoms with van der Waals surface area (Å²) in [5, 5.41) is 117. The number of benzene rings is 5. The van der Waals surface area contributed by atoms with Crippen molar-refractivity contribution in [2.45, 2.75) is 0 Å². The number of nitrogens with zero attached hydrogens (tertiary/aromatic N) is 1. The molecule has 46 heavy (non-hydrogen) atoms. The standard InChI is InChI=1S/C30H17B3N2O11/c31-13-7(12-20(36)9-10-17(34-16(9)15(33)21(12)37)25(41)29(45)27(43)22(10)38)14(32)24(40)18-8(13)11-19(26(42)30(46)28(44)23(11)39)35(18)6-4-2-1-3-5-6/h1-5,34,36-46H. The first-order valence-electron chi connectivity index (χ1n) is 13.2. The Kier molecular flexibility index (Phi) is 5.64. The Hall–Kier alpha value is -6.31. The summed E-state index contributed by atoms with van der Waals surface area (Å²) in [5.74, 6) is -10.7. The van der Waals surface area contributed by atoms with Crippen LogP contribution in [0.25, 0.3) is 60.4 Å². The Morgan fingerprint density at radius 1 is 0.413 bits per heavy atom. The molecule has 0 atom stereocenters. The molecule has 2 aromatic heterocycles. The summed E-state index contributed by atoms with van der Waals surface area (Å²) in [4.78, 5) is 2.57. The first-order valence-corrected chi connectivity index (χ1v) is 13.2. The van der Waals surface area contributed by atoms with E-state index < -0.39 is 96.1 Å². The molecule has 0 unspecified atom stereocenters. The van der Waals surface area contributed by atoms with Crippen molar-refractivity contribution in [1.82, 2.24) is 9.55 Å². The predicted molar refractivity (Wildman–Crippen MR) is 170 cm³/mol. The smallest absolute Gasteiger partial charge is 0.206 e. The highest BCUT2D eigenvalue weighted by atomic mass is 16.4. The summed E-state index contributed by atoms with van der Waals surface area (Å²) in [6.45, 7) is 0. The van der Waals surface area contributed by atoms with Gasteiger partial charge in [-0.15, -0.1) is 0 Å². The molecule has 6 radical (unpaired) electrons. The van der Waals surface area contributed by atoms with E-state index in [-0.39, 0.29) is 43.9 Å². The van der Waals surface area contributed by atoms with Crippen molar-refractivity contribution >= 4 is 83.5 Å². The van der Waals surface area contributed by atoms with Gasteiger partial charge >= 0.3 is 0 Å². The summed E-state index contributed by atoms with van der Waals surface area (Å²) in [6.07, 6.45) is 0. The van der Waals surface area contributed by atoms with Gasteiger partial charge in [0.1, 0.15) is 46.3 Å². The minimum Gasteiger partial charge on any atom is -0.508 e. The highest BCUT2D eigenvalue weighted by Crippen LogP contribution is 2.56. The van der Waals surface area contributed by atoms with Gasteiger partial charge < -0.3 is 65.7 Å².